The van der Waals surface area contributed by atoms with Crippen molar-refractivity contribution >= 4 is 0 Å². The highest BCUT2D eigenvalue weighted by Crippen LogP contribution is 2.31. The number of benzene rings is 1. The van der Waals surface area contributed by atoms with Gasteiger partial charge in [0.25, 0.3) is 0 Å². The molecule has 80 valence electrons. The molecule has 2 fully saturated rings. The second kappa shape index (κ2) is 3.95. The van der Waals surface area contributed by atoms with Gasteiger partial charge in [-0.3, -0.25) is 0 Å². The molecule has 15 heavy (non-hydrogen) atoms. The summed E-state index contributed by atoms with van der Waals surface area (Å²) in [5.41, 5.74) is 1.30. The van der Waals surface area contributed by atoms with E-state index in [4.69, 9.17) is 4.74 Å². The molecular weight excluding hydrogens is 186 g/mol. The van der Waals surface area contributed by atoms with Crippen molar-refractivity contribution in [1.29, 1.82) is 0 Å². The average molecular weight is 203 g/mol. The Hall–Kier alpha value is -0.860. The van der Waals surface area contributed by atoms with Crippen molar-refractivity contribution in [1.82, 2.24) is 5.32 Å². The van der Waals surface area contributed by atoms with Crippen molar-refractivity contribution < 1.29 is 4.74 Å². The van der Waals surface area contributed by atoms with Crippen LogP contribution in [-0.2, 0) is 4.74 Å². The first-order chi connectivity index (χ1) is 7.43. The first-order valence-corrected chi connectivity index (χ1v) is 5.87. The van der Waals surface area contributed by atoms with Crippen LogP contribution in [0.15, 0.2) is 30.3 Å². The van der Waals surface area contributed by atoms with Gasteiger partial charge in [-0.15, -0.1) is 0 Å². The summed E-state index contributed by atoms with van der Waals surface area (Å²) in [5.74, 6) is 0. The van der Waals surface area contributed by atoms with Gasteiger partial charge in [-0.05, 0) is 24.8 Å². The molecule has 1 N–H and O–H groups in total. The van der Waals surface area contributed by atoms with E-state index in [1.165, 1.54) is 24.8 Å². The molecule has 1 aromatic carbocycles. The first kappa shape index (κ1) is 9.37. The van der Waals surface area contributed by atoms with Crippen LogP contribution < -0.4 is 5.32 Å². The third-order valence-electron chi connectivity index (χ3n) is 3.53. The molecule has 2 nitrogen and oxygen atoms in total. The van der Waals surface area contributed by atoms with E-state index < -0.39 is 0 Å². The van der Waals surface area contributed by atoms with Gasteiger partial charge in [-0.25, -0.2) is 0 Å². The van der Waals surface area contributed by atoms with Crippen molar-refractivity contribution in [2.45, 2.75) is 37.5 Å². The minimum absolute atomic E-state index is 0.255. The standard InChI is InChI=1S/C13H17NO/c1-2-5-10(6-3-1)13-9-14-11-7-4-8-12(11)15-13/h1-3,5-6,11-14H,4,7-9H2. The molecule has 1 aromatic rings. The van der Waals surface area contributed by atoms with E-state index in [0.29, 0.717) is 12.1 Å². The molecule has 1 saturated heterocycles. The molecule has 3 unspecified atom stereocenters. The highest BCUT2D eigenvalue weighted by atomic mass is 16.5. The average Bonchev–Trinajstić information content (AvgIpc) is 2.77. The Balaban J connectivity index is 1.74. The summed E-state index contributed by atoms with van der Waals surface area (Å²) in [5, 5.41) is 3.60. The van der Waals surface area contributed by atoms with Crippen molar-refractivity contribution in [2.24, 2.45) is 0 Å². The van der Waals surface area contributed by atoms with Gasteiger partial charge in [0.2, 0.25) is 0 Å². The molecule has 0 amide bonds. The Morgan fingerprint density at radius 3 is 2.87 bits per heavy atom. The van der Waals surface area contributed by atoms with E-state index in [-0.39, 0.29) is 6.10 Å². The van der Waals surface area contributed by atoms with Crippen LogP contribution in [0.2, 0.25) is 0 Å². The van der Waals surface area contributed by atoms with Crippen LogP contribution in [0.4, 0.5) is 0 Å². The van der Waals surface area contributed by atoms with Gasteiger partial charge in [-0.2, -0.15) is 0 Å². The minimum atomic E-state index is 0.255. The summed E-state index contributed by atoms with van der Waals surface area (Å²) in [7, 11) is 0. The Labute approximate surface area is 90.6 Å². The highest BCUT2D eigenvalue weighted by Gasteiger charge is 2.34. The maximum atomic E-state index is 6.13. The number of hydrogen-bond donors (Lipinski definition) is 1. The van der Waals surface area contributed by atoms with Crippen LogP contribution in [0.5, 0.6) is 0 Å². The lowest BCUT2D eigenvalue weighted by atomic mass is 10.1. The summed E-state index contributed by atoms with van der Waals surface area (Å²) in [6.07, 6.45) is 4.52. The second-order valence-electron chi connectivity index (χ2n) is 4.52. The lowest BCUT2D eigenvalue weighted by molar-refractivity contribution is -0.0527. The summed E-state index contributed by atoms with van der Waals surface area (Å²) in [6.45, 7) is 0.963. The number of nitrogens with one attached hydrogen (secondary N) is 1. The van der Waals surface area contributed by atoms with Crippen LogP contribution in [0.3, 0.4) is 0 Å². The van der Waals surface area contributed by atoms with Crippen molar-refractivity contribution in [3.05, 3.63) is 35.9 Å². The predicted octanol–water partition coefficient (Wildman–Crippen LogP) is 2.27. The van der Waals surface area contributed by atoms with Crippen LogP contribution in [0, 0.1) is 0 Å². The second-order valence-corrected chi connectivity index (χ2v) is 4.52. The molecule has 0 aromatic heterocycles. The monoisotopic (exact) mass is 203 g/mol. The molecule has 1 heterocycles. The zero-order valence-corrected chi connectivity index (χ0v) is 8.86. The van der Waals surface area contributed by atoms with Crippen LogP contribution in [0.25, 0.3) is 0 Å². The fourth-order valence-electron chi connectivity index (χ4n) is 2.70. The van der Waals surface area contributed by atoms with Gasteiger partial charge in [-0.1, -0.05) is 30.3 Å². The molecule has 0 bridgehead atoms. The summed E-state index contributed by atoms with van der Waals surface area (Å²) >= 11 is 0. The molecule has 1 saturated carbocycles. The maximum Gasteiger partial charge on any atom is 0.0953 e. The van der Waals surface area contributed by atoms with Gasteiger partial charge in [0, 0.05) is 12.6 Å². The smallest absolute Gasteiger partial charge is 0.0953 e. The number of fused-ring (bicyclic) bond motifs is 1. The molecule has 1 aliphatic carbocycles. The number of morpholine rings is 1. The van der Waals surface area contributed by atoms with E-state index >= 15 is 0 Å². The third kappa shape index (κ3) is 1.80. The van der Waals surface area contributed by atoms with Gasteiger partial charge in [0.05, 0.1) is 12.2 Å². The molecule has 2 heteroatoms. The fraction of sp³-hybridized carbons (Fsp3) is 0.538. The Morgan fingerprint density at radius 1 is 1.13 bits per heavy atom. The Morgan fingerprint density at radius 2 is 2.00 bits per heavy atom. The lowest BCUT2D eigenvalue weighted by Crippen LogP contribution is -2.46. The van der Waals surface area contributed by atoms with Crippen molar-refractivity contribution in [3.8, 4) is 0 Å². The number of hydrogen-bond acceptors (Lipinski definition) is 2. The predicted molar refractivity (Wildman–Crippen MR) is 59.7 cm³/mol. The Kier molecular flexibility index (Phi) is 2.47. The van der Waals surface area contributed by atoms with E-state index in [1.54, 1.807) is 0 Å². The largest absolute Gasteiger partial charge is 0.367 e. The molecule has 0 radical (unpaired) electrons. The third-order valence-corrected chi connectivity index (χ3v) is 3.53. The normalized spacial score (nSPS) is 35.1. The molecule has 3 atom stereocenters. The van der Waals surface area contributed by atoms with Gasteiger partial charge in [0.1, 0.15) is 0 Å². The van der Waals surface area contributed by atoms with E-state index in [2.05, 4.69) is 35.6 Å². The molecular formula is C13H17NO. The summed E-state index contributed by atoms with van der Waals surface area (Å²) < 4.78 is 6.13. The molecule has 3 rings (SSSR count). The molecule has 1 aliphatic heterocycles. The lowest BCUT2D eigenvalue weighted by Gasteiger charge is -2.33. The zero-order chi connectivity index (χ0) is 10.1. The summed E-state index contributed by atoms with van der Waals surface area (Å²) in [4.78, 5) is 0. The highest BCUT2D eigenvalue weighted by molar-refractivity contribution is 5.18. The number of rotatable bonds is 1. The molecule has 0 spiro atoms. The van der Waals surface area contributed by atoms with E-state index in [1.807, 2.05) is 0 Å². The molecule has 2 aliphatic rings. The van der Waals surface area contributed by atoms with Crippen LogP contribution in [0.1, 0.15) is 30.9 Å². The zero-order valence-electron chi connectivity index (χ0n) is 8.86. The SMILES string of the molecule is c1ccc(C2CNC3CCCC3O2)cc1. The van der Waals surface area contributed by atoms with Crippen molar-refractivity contribution in [2.75, 3.05) is 6.54 Å². The summed E-state index contributed by atoms with van der Waals surface area (Å²) in [6, 6.07) is 11.1. The maximum absolute atomic E-state index is 6.13. The van der Waals surface area contributed by atoms with E-state index in [9.17, 15) is 0 Å². The Bertz CT molecular complexity index is 325. The minimum Gasteiger partial charge on any atom is -0.367 e. The van der Waals surface area contributed by atoms with Gasteiger partial charge in [0.15, 0.2) is 0 Å². The van der Waals surface area contributed by atoms with E-state index in [0.717, 1.165) is 6.54 Å². The van der Waals surface area contributed by atoms with Gasteiger partial charge < -0.3 is 10.1 Å². The topological polar surface area (TPSA) is 21.3 Å². The first-order valence-electron chi connectivity index (χ1n) is 5.87. The van der Waals surface area contributed by atoms with Crippen molar-refractivity contribution in [3.63, 3.8) is 0 Å². The van der Waals surface area contributed by atoms with Crippen LogP contribution >= 0.6 is 0 Å². The number of ether oxygens (including phenoxy) is 1. The van der Waals surface area contributed by atoms with Crippen LogP contribution in [-0.4, -0.2) is 18.7 Å². The van der Waals surface area contributed by atoms with Gasteiger partial charge >= 0.3 is 0 Å². The fourth-order valence-corrected chi connectivity index (χ4v) is 2.70. The quantitative estimate of drug-likeness (QED) is 0.756.